The summed E-state index contributed by atoms with van der Waals surface area (Å²) in [6.07, 6.45) is 1.97. The van der Waals surface area contributed by atoms with Crippen LogP contribution in [0.15, 0.2) is 0 Å². The first-order valence-corrected chi connectivity index (χ1v) is 5.60. The van der Waals surface area contributed by atoms with E-state index < -0.39 is 9.84 Å². The van der Waals surface area contributed by atoms with Crippen molar-refractivity contribution in [1.29, 1.82) is 0 Å². The molecule has 5 heteroatoms. The Balaban J connectivity index is 2.47. The molecule has 0 aromatic heterocycles. The average molecular weight is 178 g/mol. The van der Waals surface area contributed by atoms with Crippen LogP contribution in [-0.4, -0.2) is 32.5 Å². The van der Waals surface area contributed by atoms with Crippen LogP contribution in [0.2, 0.25) is 0 Å². The summed E-state index contributed by atoms with van der Waals surface area (Å²) in [6, 6.07) is 0. The Bertz CT molecular complexity index is 249. The summed E-state index contributed by atoms with van der Waals surface area (Å²) in [5.74, 6) is 0.267. The van der Waals surface area contributed by atoms with Crippen molar-refractivity contribution in [3.05, 3.63) is 0 Å². The molecular weight excluding hydrogens is 164 g/mol. The lowest BCUT2D eigenvalue weighted by Gasteiger charge is -2.05. The first-order chi connectivity index (χ1) is 4.87. The number of hydrogen-bond acceptors (Lipinski definition) is 4. The predicted molar refractivity (Wildman–Crippen MR) is 43.8 cm³/mol. The topological polar surface area (TPSA) is 86.2 Å². The van der Waals surface area contributed by atoms with Crippen LogP contribution in [0.4, 0.5) is 0 Å². The Hall–Kier alpha value is -0.130. The Morgan fingerprint density at radius 3 is 2.45 bits per heavy atom. The molecule has 0 saturated heterocycles. The first-order valence-electron chi connectivity index (χ1n) is 3.54. The monoisotopic (exact) mass is 178 g/mol. The number of rotatable bonds is 3. The van der Waals surface area contributed by atoms with Gasteiger partial charge in [-0.25, -0.2) is 8.42 Å². The maximum Gasteiger partial charge on any atom is 0.147 e. The van der Waals surface area contributed by atoms with E-state index in [1.807, 2.05) is 0 Å². The minimum absolute atomic E-state index is 0.0856. The second-order valence-electron chi connectivity index (χ2n) is 3.43. The minimum atomic E-state index is -2.88. The largest absolute Gasteiger partial charge is 0.329 e. The van der Waals surface area contributed by atoms with Gasteiger partial charge in [-0.05, 0) is 12.3 Å². The average Bonchev–Trinajstić information content (AvgIpc) is 2.40. The fourth-order valence-corrected chi connectivity index (χ4v) is 2.42. The predicted octanol–water partition coefficient (Wildman–Crippen LogP) is -1.29. The maximum atomic E-state index is 10.8. The van der Waals surface area contributed by atoms with Crippen molar-refractivity contribution in [2.75, 3.05) is 18.6 Å². The number of nitrogens with two attached hydrogens (primary N) is 2. The van der Waals surface area contributed by atoms with Crippen molar-refractivity contribution in [1.82, 2.24) is 0 Å². The zero-order valence-corrected chi connectivity index (χ0v) is 7.39. The molecule has 11 heavy (non-hydrogen) atoms. The molecule has 0 aromatic rings. The van der Waals surface area contributed by atoms with Gasteiger partial charge in [0, 0.05) is 18.3 Å². The summed E-state index contributed by atoms with van der Waals surface area (Å²) < 4.78 is 21.6. The van der Waals surface area contributed by atoms with E-state index in [9.17, 15) is 8.42 Å². The lowest BCUT2D eigenvalue weighted by Crippen LogP contribution is -2.35. The van der Waals surface area contributed by atoms with Crippen molar-refractivity contribution in [2.45, 2.75) is 12.0 Å². The highest BCUT2D eigenvalue weighted by Crippen LogP contribution is 2.40. The zero-order valence-electron chi connectivity index (χ0n) is 6.58. The van der Waals surface area contributed by atoms with E-state index in [1.54, 1.807) is 0 Å². The molecule has 0 bridgehead atoms. The summed E-state index contributed by atoms with van der Waals surface area (Å²) in [4.78, 5) is 0. The van der Waals surface area contributed by atoms with Crippen molar-refractivity contribution in [2.24, 2.45) is 17.4 Å². The van der Waals surface area contributed by atoms with Crippen molar-refractivity contribution in [3.8, 4) is 0 Å². The molecule has 4 nitrogen and oxygen atoms in total. The van der Waals surface area contributed by atoms with Crippen LogP contribution >= 0.6 is 0 Å². The molecule has 0 aliphatic heterocycles. The van der Waals surface area contributed by atoms with Crippen LogP contribution in [0.3, 0.4) is 0 Å². The normalized spacial score (nSPS) is 37.2. The highest BCUT2D eigenvalue weighted by Gasteiger charge is 2.50. The standard InChI is InChI=1S/C6H14N2O2S/c1-11(9,10)3-5-2-6(5,8)4-7/h5H,2-4,7-8H2,1H3/t5-,6-/m1/s1. The molecule has 1 aliphatic rings. The SMILES string of the molecule is CS(=O)(=O)C[C@H]1C[C@@]1(N)CN. The van der Waals surface area contributed by atoms with Crippen LogP contribution in [0, 0.1) is 5.92 Å². The van der Waals surface area contributed by atoms with Crippen molar-refractivity contribution < 1.29 is 8.42 Å². The van der Waals surface area contributed by atoms with Gasteiger partial charge in [0.05, 0.1) is 5.75 Å². The molecule has 4 N–H and O–H groups in total. The molecule has 0 radical (unpaired) electrons. The highest BCUT2D eigenvalue weighted by atomic mass is 32.2. The van der Waals surface area contributed by atoms with Gasteiger partial charge in [-0.2, -0.15) is 0 Å². The second kappa shape index (κ2) is 2.43. The molecule has 1 fully saturated rings. The molecule has 1 aliphatic carbocycles. The Morgan fingerprint density at radius 1 is 1.64 bits per heavy atom. The fraction of sp³-hybridized carbons (Fsp3) is 1.00. The van der Waals surface area contributed by atoms with Gasteiger partial charge < -0.3 is 11.5 Å². The van der Waals surface area contributed by atoms with Crippen LogP contribution in [0.5, 0.6) is 0 Å². The Kier molecular flexibility index (Phi) is 1.98. The minimum Gasteiger partial charge on any atom is -0.329 e. The third-order valence-corrected chi connectivity index (χ3v) is 3.17. The molecule has 0 aromatic carbocycles. The fourth-order valence-electron chi connectivity index (χ4n) is 1.24. The molecule has 66 valence electrons. The summed E-state index contributed by atoms with van der Waals surface area (Å²) in [5.41, 5.74) is 10.7. The van der Waals surface area contributed by atoms with E-state index in [1.165, 1.54) is 6.26 Å². The van der Waals surface area contributed by atoms with Crippen LogP contribution in [0.25, 0.3) is 0 Å². The van der Waals surface area contributed by atoms with E-state index in [0.717, 1.165) is 6.42 Å². The Morgan fingerprint density at radius 2 is 2.18 bits per heavy atom. The van der Waals surface area contributed by atoms with E-state index >= 15 is 0 Å². The smallest absolute Gasteiger partial charge is 0.147 e. The van der Waals surface area contributed by atoms with Crippen LogP contribution in [-0.2, 0) is 9.84 Å². The summed E-state index contributed by atoms with van der Waals surface area (Å²) in [6.45, 7) is 0.382. The van der Waals surface area contributed by atoms with E-state index in [4.69, 9.17) is 11.5 Å². The first kappa shape index (κ1) is 8.96. The van der Waals surface area contributed by atoms with Gasteiger partial charge in [-0.1, -0.05) is 0 Å². The summed E-state index contributed by atoms with van der Waals surface area (Å²) in [7, 11) is -2.88. The van der Waals surface area contributed by atoms with Crippen molar-refractivity contribution in [3.63, 3.8) is 0 Å². The highest BCUT2D eigenvalue weighted by molar-refractivity contribution is 7.90. The quantitative estimate of drug-likeness (QED) is 0.563. The van der Waals surface area contributed by atoms with E-state index in [-0.39, 0.29) is 17.2 Å². The molecule has 0 unspecified atom stereocenters. The molecule has 0 spiro atoms. The van der Waals surface area contributed by atoms with E-state index in [0.29, 0.717) is 6.54 Å². The number of hydrogen-bond donors (Lipinski definition) is 2. The van der Waals surface area contributed by atoms with Gasteiger partial charge in [-0.15, -0.1) is 0 Å². The van der Waals surface area contributed by atoms with Gasteiger partial charge in [-0.3, -0.25) is 0 Å². The lowest BCUT2D eigenvalue weighted by molar-refractivity contribution is 0.584. The van der Waals surface area contributed by atoms with Crippen molar-refractivity contribution >= 4 is 9.84 Å². The summed E-state index contributed by atoms with van der Waals surface area (Å²) in [5, 5.41) is 0. The Labute approximate surface area is 66.9 Å². The summed E-state index contributed by atoms with van der Waals surface area (Å²) >= 11 is 0. The van der Waals surface area contributed by atoms with Crippen LogP contribution < -0.4 is 11.5 Å². The van der Waals surface area contributed by atoms with Gasteiger partial charge in [0.2, 0.25) is 0 Å². The molecule has 1 saturated carbocycles. The molecule has 0 amide bonds. The second-order valence-corrected chi connectivity index (χ2v) is 5.62. The van der Waals surface area contributed by atoms with Gasteiger partial charge in [0.15, 0.2) is 0 Å². The van der Waals surface area contributed by atoms with Gasteiger partial charge >= 0.3 is 0 Å². The zero-order chi connectivity index (χ0) is 8.70. The number of sulfone groups is 1. The molecule has 0 heterocycles. The van der Waals surface area contributed by atoms with Crippen LogP contribution in [0.1, 0.15) is 6.42 Å². The molecule has 2 atom stereocenters. The van der Waals surface area contributed by atoms with E-state index in [2.05, 4.69) is 0 Å². The molecule has 1 rings (SSSR count). The third-order valence-electron chi connectivity index (χ3n) is 2.16. The maximum absolute atomic E-state index is 10.8. The van der Waals surface area contributed by atoms with Gasteiger partial charge in [0.1, 0.15) is 9.84 Å². The molecular formula is C6H14N2O2S. The third kappa shape index (κ3) is 2.15. The lowest BCUT2D eigenvalue weighted by atomic mass is 10.2. The van der Waals surface area contributed by atoms with Gasteiger partial charge in [0.25, 0.3) is 0 Å².